The van der Waals surface area contributed by atoms with Gasteiger partial charge in [-0.3, -0.25) is 4.90 Å². The summed E-state index contributed by atoms with van der Waals surface area (Å²) in [7, 11) is 4.27. The molecule has 0 aliphatic carbocycles. The van der Waals surface area contributed by atoms with E-state index in [2.05, 4.69) is 62.0 Å². The smallest absolute Gasteiger partial charge is 0.0194 e. The minimum absolute atomic E-state index is 0.588. The number of benzene rings is 1. The molecular formula is C16H29N3. The Morgan fingerprint density at radius 2 is 1.79 bits per heavy atom. The van der Waals surface area contributed by atoms with Gasteiger partial charge in [0.2, 0.25) is 0 Å². The molecule has 0 bridgehead atoms. The van der Waals surface area contributed by atoms with Crippen LogP contribution in [0.1, 0.15) is 25.0 Å². The zero-order valence-corrected chi connectivity index (χ0v) is 12.9. The molecule has 3 nitrogen and oxygen atoms in total. The van der Waals surface area contributed by atoms with Gasteiger partial charge < -0.3 is 10.6 Å². The Bertz CT molecular complexity index is 363. The highest BCUT2D eigenvalue weighted by molar-refractivity contribution is 5.27. The van der Waals surface area contributed by atoms with Crippen molar-refractivity contribution in [1.82, 2.24) is 9.80 Å². The molecular weight excluding hydrogens is 234 g/mol. The molecule has 0 saturated heterocycles. The van der Waals surface area contributed by atoms with E-state index in [1.54, 1.807) is 0 Å². The van der Waals surface area contributed by atoms with Crippen LogP contribution in [0.5, 0.6) is 0 Å². The molecule has 0 aromatic heterocycles. The van der Waals surface area contributed by atoms with Crippen LogP contribution in [0.2, 0.25) is 0 Å². The molecule has 0 aliphatic rings. The zero-order valence-electron chi connectivity index (χ0n) is 12.9. The molecule has 19 heavy (non-hydrogen) atoms. The average Bonchev–Trinajstić information content (AvgIpc) is 2.39. The fraction of sp³-hybridized carbons (Fsp3) is 0.625. The van der Waals surface area contributed by atoms with E-state index in [4.69, 9.17) is 5.73 Å². The summed E-state index contributed by atoms with van der Waals surface area (Å²) in [5, 5.41) is 0. The monoisotopic (exact) mass is 263 g/mol. The van der Waals surface area contributed by atoms with Crippen molar-refractivity contribution < 1.29 is 0 Å². The molecule has 2 N–H and O–H groups in total. The fourth-order valence-corrected chi connectivity index (χ4v) is 2.60. The lowest BCUT2D eigenvalue weighted by molar-refractivity contribution is 0.183. The number of rotatable bonds is 8. The summed E-state index contributed by atoms with van der Waals surface area (Å²) >= 11 is 0. The number of likely N-dealkylation sites (N-methyl/N-ethyl adjacent to an activating group) is 2. The molecule has 0 saturated carbocycles. The summed E-state index contributed by atoms with van der Waals surface area (Å²) in [4.78, 5) is 4.79. The van der Waals surface area contributed by atoms with E-state index in [9.17, 15) is 0 Å². The lowest BCUT2D eigenvalue weighted by atomic mass is 10.0. The molecule has 0 amide bonds. The van der Waals surface area contributed by atoms with Crippen LogP contribution in [0, 0.1) is 0 Å². The van der Waals surface area contributed by atoms with E-state index >= 15 is 0 Å². The third-order valence-electron chi connectivity index (χ3n) is 3.67. The normalized spacial score (nSPS) is 13.2. The zero-order chi connectivity index (χ0) is 14.3. The number of nitrogens with zero attached hydrogens (tertiary/aromatic N) is 2. The molecule has 1 atom stereocenters. The van der Waals surface area contributed by atoms with Gasteiger partial charge in [-0.15, -0.1) is 0 Å². The van der Waals surface area contributed by atoms with E-state index in [0.29, 0.717) is 12.6 Å². The van der Waals surface area contributed by atoms with Crippen LogP contribution in [-0.4, -0.2) is 49.6 Å². The van der Waals surface area contributed by atoms with E-state index in [1.165, 1.54) is 11.1 Å². The molecule has 1 aromatic rings. The lowest BCUT2D eigenvalue weighted by Gasteiger charge is -2.30. The second-order valence-electron chi connectivity index (χ2n) is 5.46. The molecule has 0 aliphatic heterocycles. The highest BCUT2D eigenvalue weighted by Gasteiger charge is 2.13. The number of nitrogens with two attached hydrogens (primary N) is 1. The Kier molecular flexibility index (Phi) is 7.06. The largest absolute Gasteiger partial charge is 0.326 e. The van der Waals surface area contributed by atoms with Crippen LogP contribution in [0.4, 0.5) is 0 Å². The van der Waals surface area contributed by atoms with Gasteiger partial charge in [0.05, 0.1) is 0 Å². The second-order valence-corrected chi connectivity index (χ2v) is 5.46. The Hall–Kier alpha value is -0.900. The van der Waals surface area contributed by atoms with Crippen LogP contribution in [0.3, 0.4) is 0 Å². The molecule has 0 fully saturated rings. The maximum Gasteiger partial charge on any atom is 0.0194 e. The number of hydrogen-bond donors (Lipinski definition) is 1. The van der Waals surface area contributed by atoms with Gasteiger partial charge in [-0.25, -0.2) is 0 Å². The average molecular weight is 263 g/mol. The Labute approximate surface area is 118 Å². The van der Waals surface area contributed by atoms with E-state index in [1.807, 2.05) is 0 Å². The summed E-state index contributed by atoms with van der Waals surface area (Å²) in [6, 6.07) is 9.10. The van der Waals surface area contributed by atoms with E-state index in [-0.39, 0.29) is 0 Å². The van der Waals surface area contributed by atoms with Gasteiger partial charge in [0.25, 0.3) is 0 Å². The SMILES string of the molecule is CCN(CCc1ccccc1CN)C(C)CN(C)C. The van der Waals surface area contributed by atoms with Crippen molar-refractivity contribution in [3.8, 4) is 0 Å². The van der Waals surface area contributed by atoms with Gasteiger partial charge in [0.15, 0.2) is 0 Å². The molecule has 1 aromatic carbocycles. The lowest BCUT2D eigenvalue weighted by Crippen LogP contribution is -2.41. The fourth-order valence-electron chi connectivity index (χ4n) is 2.60. The van der Waals surface area contributed by atoms with Crippen molar-refractivity contribution in [2.24, 2.45) is 5.73 Å². The Morgan fingerprint density at radius 1 is 1.16 bits per heavy atom. The predicted molar refractivity (Wildman–Crippen MR) is 83.3 cm³/mol. The van der Waals surface area contributed by atoms with Gasteiger partial charge in [-0.2, -0.15) is 0 Å². The first-order valence-electron chi connectivity index (χ1n) is 7.24. The third kappa shape index (κ3) is 5.31. The van der Waals surface area contributed by atoms with Crippen molar-refractivity contribution in [3.63, 3.8) is 0 Å². The molecule has 0 heterocycles. The van der Waals surface area contributed by atoms with Crippen LogP contribution in [0.25, 0.3) is 0 Å². The standard InChI is InChI=1S/C16H29N3/c1-5-19(14(2)13-18(3)4)11-10-15-8-6-7-9-16(15)12-17/h6-9,14H,5,10-13,17H2,1-4H3. The Morgan fingerprint density at radius 3 is 2.32 bits per heavy atom. The van der Waals surface area contributed by atoms with E-state index in [0.717, 1.165) is 26.1 Å². The van der Waals surface area contributed by atoms with Crippen molar-refractivity contribution in [3.05, 3.63) is 35.4 Å². The highest BCUT2D eigenvalue weighted by atomic mass is 15.2. The summed E-state index contributed by atoms with van der Waals surface area (Å²) < 4.78 is 0. The molecule has 1 rings (SSSR count). The van der Waals surface area contributed by atoms with Crippen LogP contribution in [-0.2, 0) is 13.0 Å². The predicted octanol–water partition coefficient (Wildman–Crippen LogP) is 1.96. The first kappa shape index (κ1) is 16.2. The van der Waals surface area contributed by atoms with Gasteiger partial charge >= 0.3 is 0 Å². The molecule has 3 heteroatoms. The second kappa shape index (κ2) is 8.31. The Balaban J connectivity index is 2.57. The van der Waals surface area contributed by atoms with Crippen LogP contribution >= 0.6 is 0 Å². The van der Waals surface area contributed by atoms with Crippen LogP contribution in [0.15, 0.2) is 24.3 Å². The van der Waals surface area contributed by atoms with Crippen molar-refractivity contribution in [1.29, 1.82) is 0 Å². The summed E-state index contributed by atoms with van der Waals surface area (Å²) in [6.07, 6.45) is 1.08. The van der Waals surface area contributed by atoms with E-state index < -0.39 is 0 Å². The molecule has 0 radical (unpaired) electrons. The third-order valence-corrected chi connectivity index (χ3v) is 3.67. The maximum absolute atomic E-state index is 5.79. The van der Waals surface area contributed by atoms with Crippen molar-refractivity contribution in [2.75, 3.05) is 33.7 Å². The van der Waals surface area contributed by atoms with Gasteiger partial charge in [0.1, 0.15) is 0 Å². The summed E-state index contributed by atoms with van der Waals surface area (Å²) in [5.74, 6) is 0. The van der Waals surface area contributed by atoms with Crippen molar-refractivity contribution in [2.45, 2.75) is 32.9 Å². The first-order valence-corrected chi connectivity index (χ1v) is 7.24. The van der Waals surface area contributed by atoms with Gasteiger partial charge in [0, 0.05) is 25.7 Å². The molecule has 108 valence electrons. The van der Waals surface area contributed by atoms with Crippen molar-refractivity contribution >= 4 is 0 Å². The first-order chi connectivity index (χ1) is 9.08. The minimum atomic E-state index is 0.588. The highest BCUT2D eigenvalue weighted by Crippen LogP contribution is 2.10. The number of hydrogen-bond acceptors (Lipinski definition) is 3. The topological polar surface area (TPSA) is 32.5 Å². The quantitative estimate of drug-likeness (QED) is 0.778. The summed E-state index contributed by atoms with van der Waals surface area (Å²) in [5.41, 5.74) is 8.46. The molecule has 0 spiro atoms. The summed E-state index contributed by atoms with van der Waals surface area (Å²) in [6.45, 7) is 8.48. The maximum atomic E-state index is 5.79. The van der Waals surface area contributed by atoms with Gasteiger partial charge in [-0.1, -0.05) is 31.2 Å². The van der Waals surface area contributed by atoms with Gasteiger partial charge in [-0.05, 0) is 45.1 Å². The van der Waals surface area contributed by atoms with Crippen LogP contribution < -0.4 is 5.73 Å². The minimum Gasteiger partial charge on any atom is -0.326 e. The molecule has 1 unspecified atom stereocenters.